The first-order valence-corrected chi connectivity index (χ1v) is 9.61. The van der Waals surface area contributed by atoms with Crippen LogP contribution < -0.4 is 0 Å². The number of benzene rings is 1. The highest BCUT2D eigenvalue weighted by Crippen LogP contribution is 2.37. The minimum atomic E-state index is -1.87. The zero-order valence-electron chi connectivity index (χ0n) is 13.1. The maximum atomic E-state index is 13.3. The van der Waals surface area contributed by atoms with Crippen LogP contribution in [0.5, 0.6) is 0 Å². The van der Waals surface area contributed by atoms with Crippen molar-refractivity contribution in [3.05, 3.63) is 35.1 Å². The van der Waals surface area contributed by atoms with Gasteiger partial charge in [0.25, 0.3) is 0 Å². The Kier molecular flexibility index (Phi) is 5.10. The molecule has 112 valence electrons. The maximum Gasteiger partial charge on any atom is 0.192 e. The van der Waals surface area contributed by atoms with Crippen molar-refractivity contribution in [2.45, 2.75) is 52.4 Å². The molecule has 20 heavy (non-hydrogen) atoms. The molecule has 0 aromatic heterocycles. The van der Waals surface area contributed by atoms with Gasteiger partial charge in [-0.1, -0.05) is 32.0 Å². The summed E-state index contributed by atoms with van der Waals surface area (Å²) in [6.07, 6.45) is 0. The highest BCUT2D eigenvalue weighted by molar-refractivity contribution is 6.74. The van der Waals surface area contributed by atoms with Gasteiger partial charge in [-0.05, 0) is 42.8 Å². The van der Waals surface area contributed by atoms with Crippen molar-refractivity contribution in [2.24, 2.45) is 5.16 Å². The first-order chi connectivity index (χ1) is 9.08. The van der Waals surface area contributed by atoms with Crippen LogP contribution in [0.1, 0.15) is 38.8 Å². The topological polar surface area (TPSA) is 41.8 Å². The van der Waals surface area contributed by atoms with Gasteiger partial charge in [0, 0.05) is 5.56 Å². The highest BCUT2D eigenvalue weighted by Gasteiger charge is 2.37. The van der Waals surface area contributed by atoms with Gasteiger partial charge in [0.05, 0.1) is 12.3 Å². The Bertz CT molecular complexity index is 507. The fraction of sp³-hybridized carbons (Fsp3) is 0.533. The van der Waals surface area contributed by atoms with Crippen LogP contribution >= 0.6 is 0 Å². The van der Waals surface area contributed by atoms with E-state index in [2.05, 4.69) is 39.0 Å². The lowest BCUT2D eigenvalue weighted by atomic mass is 10.0. The third kappa shape index (κ3) is 3.90. The molecule has 1 aromatic carbocycles. The Labute approximate surface area is 121 Å². The zero-order chi connectivity index (χ0) is 15.6. The summed E-state index contributed by atoms with van der Waals surface area (Å²) in [5.41, 5.74) is 1.82. The van der Waals surface area contributed by atoms with Crippen LogP contribution in [0.3, 0.4) is 0 Å². The Hall–Kier alpha value is -1.20. The Morgan fingerprint density at radius 1 is 1.35 bits per heavy atom. The minimum Gasteiger partial charge on any atom is -0.413 e. The van der Waals surface area contributed by atoms with E-state index in [0.717, 1.165) is 5.56 Å². The number of hydrogen-bond donors (Lipinski definition) is 1. The fourth-order valence-electron chi connectivity index (χ4n) is 1.54. The molecule has 0 spiro atoms. The largest absolute Gasteiger partial charge is 0.413 e. The van der Waals surface area contributed by atoms with E-state index in [-0.39, 0.29) is 10.9 Å². The summed E-state index contributed by atoms with van der Waals surface area (Å²) in [4.78, 5) is 0. The van der Waals surface area contributed by atoms with E-state index in [0.29, 0.717) is 17.9 Å². The number of rotatable bonds is 4. The summed E-state index contributed by atoms with van der Waals surface area (Å²) < 4.78 is 19.5. The van der Waals surface area contributed by atoms with Gasteiger partial charge in [-0.25, -0.2) is 4.39 Å². The zero-order valence-corrected chi connectivity index (χ0v) is 14.1. The lowest BCUT2D eigenvalue weighted by Gasteiger charge is -2.36. The third-order valence-corrected chi connectivity index (χ3v) is 8.48. The van der Waals surface area contributed by atoms with E-state index >= 15 is 0 Å². The molecular formula is C15H24FNO2Si. The van der Waals surface area contributed by atoms with E-state index in [1.807, 2.05) is 0 Å². The standard InChI is InChI=1S/C15H24FNO2Si/c1-11(17-18)14-9-13(16)8-7-12(14)10-19-20(5,6)15(2,3)4/h7-9,18H,10H2,1-6H3. The van der Waals surface area contributed by atoms with E-state index < -0.39 is 8.32 Å². The van der Waals surface area contributed by atoms with Crippen molar-refractivity contribution in [1.29, 1.82) is 0 Å². The van der Waals surface area contributed by atoms with Crippen LogP contribution in [0.15, 0.2) is 23.4 Å². The number of oxime groups is 1. The highest BCUT2D eigenvalue weighted by atomic mass is 28.4. The summed E-state index contributed by atoms with van der Waals surface area (Å²) in [5.74, 6) is -0.348. The average Bonchev–Trinajstić information content (AvgIpc) is 2.35. The van der Waals surface area contributed by atoms with Gasteiger partial charge in [0.15, 0.2) is 8.32 Å². The van der Waals surface area contributed by atoms with Crippen LogP contribution in [0, 0.1) is 5.82 Å². The first kappa shape index (κ1) is 16.9. The lowest BCUT2D eigenvalue weighted by Crippen LogP contribution is -2.40. The molecule has 0 amide bonds. The second kappa shape index (κ2) is 6.05. The van der Waals surface area contributed by atoms with Gasteiger partial charge in [0.2, 0.25) is 0 Å². The number of nitrogens with zero attached hydrogens (tertiary/aromatic N) is 1. The molecule has 0 bridgehead atoms. The second-order valence-electron chi connectivity index (χ2n) is 6.54. The normalized spacial score (nSPS) is 13.7. The van der Waals surface area contributed by atoms with Crippen LogP contribution in [-0.2, 0) is 11.0 Å². The molecule has 0 aliphatic heterocycles. The maximum absolute atomic E-state index is 13.3. The molecule has 0 unspecified atom stereocenters. The number of hydrogen-bond acceptors (Lipinski definition) is 3. The van der Waals surface area contributed by atoms with Crippen molar-refractivity contribution in [3.63, 3.8) is 0 Å². The van der Waals surface area contributed by atoms with E-state index in [9.17, 15) is 4.39 Å². The molecule has 5 heteroatoms. The predicted octanol–water partition coefficient (Wildman–Crippen LogP) is 4.55. The summed E-state index contributed by atoms with van der Waals surface area (Å²) in [7, 11) is -1.87. The molecule has 0 saturated carbocycles. The quantitative estimate of drug-likeness (QED) is 0.383. The smallest absolute Gasteiger partial charge is 0.192 e. The lowest BCUT2D eigenvalue weighted by molar-refractivity contribution is 0.276. The van der Waals surface area contributed by atoms with Gasteiger partial charge in [-0.2, -0.15) is 0 Å². The summed E-state index contributed by atoms with van der Waals surface area (Å²) in [5, 5.41) is 12.2. The van der Waals surface area contributed by atoms with Gasteiger partial charge < -0.3 is 9.63 Å². The van der Waals surface area contributed by atoms with Crippen LogP contribution in [0.2, 0.25) is 18.1 Å². The van der Waals surface area contributed by atoms with Crippen molar-refractivity contribution < 1.29 is 14.0 Å². The molecular weight excluding hydrogens is 273 g/mol. The Morgan fingerprint density at radius 3 is 2.45 bits per heavy atom. The fourth-order valence-corrected chi connectivity index (χ4v) is 2.49. The molecule has 0 radical (unpaired) electrons. The van der Waals surface area contributed by atoms with Gasteiger partial charge in [-0.3, -0.25) is 0 Å². The molecule has 0 aliphatic carbocycles. The summed E-state index contributed by atoms with van der Waals surface area (Å²) in [6, 6.07) is 4.46. The van der Waals surface area contributed by atoms with Gasteiger partial charge >= 0.3 is 0 Å². The molecule has 0 saturated heterocycles. The van der Waals surface area contributed by atoms with E-state index in [4.69, 9.17) is 9.63 Å². The Balaban J connectivity index is 3.00. The molecule has 1 aromatic rings. The van der Waals surface area contributed by atoms with Crippen LogP contribution in [-0.4, -0.2) is 19.2 Å². The molecule has 1 rings (SSSR count). The molecule has 1 N–H and O–H groups in total. The molecule has 3 nitrogen and oxygen atoms in total. The SMILES string of the molecule is CC(=NO)c1cc(F)ccc1CO[Si](C)(C)C(C)(C)C. The van der Waals surface area contributed by atoms with Crippen LogP contribution in [0.4, 0.5) is 4.39 Å². The third-order valence-electron chi connectivity index (χ3n) is 4.01. The predicted molar refractivity (Wildman–Crippen MR) is 82.4 cm³/mol. The van der Waals surface area contributed by atoms with E-state index in [1.165, 1.54) is 12.1 Å². The van der Waals surface area contributed by atoms with Gasteiger partial charge in [-0.15, -0.1) is 0 Å². The van der Waals surface area contributed by atoms with Crippen molar-refractivity contribution in [1.82, 2.24) is 0 Å². The van der Waals surface area contributed by atoms with Crippen molar-refractivity contribution in [2.75, 3.05) is 0 Å². The van der Waals surface area contributed by atoms with Crippen LogP contribution in [0.25, 0.3) is 0 Å². The molecule has 0 atom stereocenters. The minimum absolute atomic E-state index is 0.118. The second-order valence-corrected chi connectivity index (χ2v) is 11.3. The van der Waals surface area contributed by atoms with Crippen molar-refractivity contribution >= 4 is 14.0 Å². The molecule has 0 fully saturated rings. The molecule has 0 aliphatic rings. The average molecular weight is 297 g/mol. The molecule has 0 heterocycles. The summed E-state index contributed by atoms with van der Waals surface area (Å²) in [6.45, 7) is 12.9. The Morgan fingerprint density at radius 2 is 1.95 bits per heavy atom. The monoisotopic (exact) mass is 297 g/mol. The number of halogens is 1. The van der Waals surface area contributed by atoms with Crippen molar-refractivity contribution in [3.8, 4) is 0 Å². The first-order valence-electron chi connectivity index (χ1n) is 6.70. The van der Waals surface area contributed by atoms with E-state index in [1.54, 1.807) is 13.0 Å². The summed E-state index contributed by atoms with van der Waals surface area (Å²) >= 11 is 0. The van der Waals surface area contributed by atoms with Gasteiger partial charge in [0.1, 0.15) is 5.82 Å².